The highest BCUT2D eigenvalue weighted by Crippen LogP contribution is 2.30. The molecule has 0 aliphatic carbocycles. The molecule has 1 aromatic heterocycles. The fourth-order valence-electron chi connectivity index (χ4n) is 1.34. The van der Waals surface area contributed by atoms with Crippen LogP contribution < -0.4 is 0 Å². The van der Waals surface area contributed by atoms with Gasteiger partial charge in [0.05, 0.1) is 16.4 Å². The number of halogens is 2. The minimum atomic E-state index is -0.716. The van der Waals surface area contributed by atoms with E-state index < -0.39 is 21.8 Å². The predicted molar refractivity (Wildman–Crippen MR) is 60.6 cm³/mol. The van der Waals surface area contributed by atoms with E-state index in [1.165, 1.54) is 6.07 Å². The second-order valence-electron chi connectivity index (χ2n) is 3.49. The summed E-state index contributed by atoms with van der Waals surface area (Å²) in [6.07, 6.45) is 0. The van der Waals surface area contributed by atoms with E-state index in [0.29, 0.717) is 0 Å². The summed E-state index contributed by atoms with van der Waals surface area (Å²) in [5, 5.41) is 13.9. The van der Waals surface area contributed by atoms with E-state index in [1.807, 2.05) is 0 Å². The van der Waals surface area contributed by atoms with Gasteiger partial charge >= 0.3 is 0 Å². The van der Waals surface area contributed by atoms with E-state index in [4.69, 9.17) is 16.1 Å². The zero-order valence-corrected chi connectivity index (χ0v) is 9.89. The molecule has 0 fully saturated rings. The summed E-state index contributed by atoms with van der Waals surface area (Å²) in [7, 11) is 0. The maximum atomic E-state index is 13.0. The number of hydrogen-bond donors (Lipinski definition) is 0. The molecule has 8 heteroatoms. The van der Waals surface area contributed by atoms with Crippen molar-refractivity contribution in [1.82, 2.24) is 10.1 Å². The zero-order chi connectivity index (χ0) is 13.3. The normalized spacial score (nSPS) is 12.4. The Balaban J connectivity index is 2.52. The lowest BCUT2D eigenvalue weighted by Crippen LogP contribution is -1.93. The van der Waals surface area contributed by atoms with Crippen LogP contribution in [0.25, 0.3) is 11.5 Å². The van der Waals surface area contributed by atoms with Gasteiger partial charge in [-0.1, -0.05) is 5.16 Å². The predicted octanol–water partition coefficient (Wildman–Crippen LogP) is 3.08. The van der Waals surface area contributed by atoms with E-state index in [9.17, 15) is 14.5 Å². The monoisotopic (exact) mass is 271 g/mol. The number of rotatable bonds is 3. The molecule has 0 saturated carbocycles. The van der Waals surface area contributed by atoms with Crippen LogP contribution in [0.15, 0.2) is 22.7 Å². The summed E-state index contributed by atoms with van der Waals surface area (Å²) in [6.45, 7) is 1.63. The van der Waals surface area contributed by atoms with Gasteiger partial charge in [0.2, 0.25) is 0 Å². The first-order chi connectivity index (χ1) is 8.49. The number of nitrogens with zero attached hydrogens (tertiary/aromatic N) is 3. The average Bonchev–Trinajstić information content (AvgIpc) is 2.78. The van der Waals surface area contributed by atoms with E-state index >= 15 is 0 Å². The Morgan fingerprint density at radius 1 is 1.56 bits per heavy atom. The van der Waals surface area contributed by atoms with E-state index in [-0.39, 0.29) is 17.3 Å². The highest BCUT2D eigenvalue weighted by atomic mass is 35.5. The Morgan fingerprint density at radius 2 is 2.28 bits per heavy atom. The Kier molecular flexibility index (Phi) is 3.24. The summed E-state index contributed by atoms with van der Waals surface area (Å²) in [4.78, 5) is 14.0. The van der Waals surface area contributed by atoms with Crippen molar-refractivity contribution in [2.24, 2.45) is 0 Å². The molecular weight excluding hydrogens is 265 g/mol. The Bertz CT molecular complexity index is 600. The molecule has 0 saturated heterocycles. The number of alkyl halides is 1. The number of aromatic nitrogens is 2. The largest absolute Gasteiger partial charge is 0.334 e. The fourth-order valence-corrected chi connectivity index (χ4v) is 1.43. The van der Waals surface area contributed by atoms with Crippen LogP contribution in [0.5, 0.6) is 0 Å². The smallest absolute Gasteiger partial charge is 0.285 e. The third-order valence-electron chi connectivity index (χ3n) is 2.18. The molecule has 0 spiro atoms. The maximum Gasteiger partial charge on any atom is 0.285 e. The first-order valence-electron chi connectivity index (χ1n) is 4.91. The molecule has 1 atom stereocenters. The minimum Gasteiger partial charge on any atom is -0.334 e. The standard InChI is InChI=1S/C10H7ClFN3O3/c1-5(11)9-13-10(18-14-9)7-3-2-6(12)4-8(7)15(16)17/h2-5H,1H3. The van der Waals surface area contributed by atoms with Crippen molar-refractivity contribution in [2.45, 2.75) is 12.3 Å². The highest BCUT2D eigenvalue weighted by Gasteiger charge is 2.22. The molecule has 0 N–H and O–H groups in total. The maximum absolute atomic E-state index is 13.0. The van der Waals surface area contributed by atoms with Crippen molar-refractivity contribution in [3.63, 3.8) is 0 Å². The lowest BCUT2D eigenvalue weighted by molar-refractivity contribution is -0.384. The second-order valence-corrected chi connectivity index (χ2v) is 4.15. The van der Waals surface area contributed by atoms with E-state index in [1.54, 1.807) is 6.92 Å². The summed E-state index contributed by atoms with van der Waals surface area (Å²) in [6, 6.07) is 3.09. The van der Waals surface area contributed by atoms with Crippen molar-refractivity contribution in [3.8, 4) is 11.5 Å². The van der Waals surface area contributed by atoms with Gasteiger partial charge in [-0.15, -0.1) is 11.6 Å². The van der Waals surface area contributed by atoms with Gasteiger partial charge in [0.25, 0.3) is 11.6 Å². The van der Waals surface area contributed by atoms with Crippen LogP contribution in [0, 0.1) is 15.9 Å². The molecule has 0 aliphatic rings. The highest BCUT2D eigenvalue weighted by molar-refractivity contribution is 6.20. The average molecular weight is 272 g/mol. The van der Waals surface area contributed by atoms with Crippen molar-refractivity contribution >= 4 is 17.3 Å². The van der Waals surface area contributed by atoms with E-state index in [2.05, 4.69) is 10.1 Å². The summed E-state index contributed by atoms with van der Waals surface area (Å²) < 4.78 is 17.8. The first-order valence-corrected chi connectivity index (χ1v) is 5.34. The molecule has 0 aliphatic heterocycles. The van der Waals surface area contributed by atoms with Crippen LogP contribution in [0.1, 0.15) is 18.1 Å². The van der Waals surface area contributed by atoms with Crippen LogP contribution >= 0.6 is 11.6 Å². The molecule has 2 rings (SSSR count). The van der Waals surface area contributed by atoms with Crippen LogP contribution in [0.4, 0.5) is 10.1 Å². The molecular formula is C10H7ClFN3O3. The molecule has 94 valence electrons. The number of hydrogen-bond acceptors (Lipinski definition) is 5. The van der Waals surface area contributed by atoms with Gasteiger partial charge in [0.1, 0.15) is 11.4 Å². The number of nitro benzene ring substituents is 1. The third-order valence-corrected chi connectivity index (χ3v) is 2.38. The molecule has 1 unspecified atom stereocenters. The number of nitro groups is 1. The first kappa shape index (κ1) is 12.4. The molecule has 1 heterocycles. The Morgan fingerprint density at radius 3 is 2.83 bits per heavy atom. The molecule has 0 amide bonds. The molecule has 0 radical (unpaired) electrons. The van der Waals surface area contributed by atoms with Crippen LogP contribution in [0.3, 0.4) is 0 Å². The summed E-state index contributed by atoms with van der Waals surface area (Å²) in [5.74, 6) is -0.564. The second kappa shape index (κ2) is 4.69. The molecule has 18 heavy (non-hydrogen) atoms. The summed E-state index contributed by atoms with van der Waals surface area (Å²) in [5.41, 5.74) is -0.384. The Hall–Kier alpha value is -2.02. The van der Waals surface area contributed by atoms with Gasteiger partial charge < -0.3 is 4.52 Å². The minimum absolute atomic E-state index is 0.0532. The number of benzene rings is 1. The Labute approximate surface area is 106 Å². The van der Waals surface area contributed by atoms with Gasteiger partial charge in [-0.2, -0.15) is 4.98 Å². The molecule has 0 bridgehead atoms. The van der Waals surface area contributed by atoms with Gasteiger partial charge in [-0.05, 0) is 19.1 Å². The van der Waals surface area contributed by atoms with Gasteiger partial charge in [0.15, 0.2) is 5.82 Å². The molecule has 2 aromatic rings. The van der Waals surface area contributed by atoms with Crippen molar-refractivity contribution in [2.75, 3.05) is 0 Å². The lowest BCUT2D eigenvalue weighted by Gasteiger charge is -1.97. The van der Waals surface area contributed by atoms with Crippen LogP contribution in [-0.2, 0) is 0 Å². The van der Waals surface area contributed by atoms with E-state index in [0.717, 1.165) is 12.1 Å². The van der Waals surface area contributed by atoms with Crippen LogP contribution in [0.2, 0.25) is 0 Å². The summed E-state index contributed by atoms with van der Waals surface area (Å²) >= 11 is 5.75. The lowest BCUT2D eigenvalue weighted by atomic mass is 10.2. The fraction of sp³-hybridized carbons (Fsp3) is 0.200. The zero-order valence-electron chi connectivity index (χ0n) is 9.13. The third kappa shape index (κ3) is 2.30. The van der Waals surface area contributed by atoms with Gasteiger partial charge in [-0.25, -0.2) is 4.39 Å². The SMILES string of the molecule is CC(Cl)c1noc(-c2ccc(F)cc2[N+](=O)[O-])n1. The van der Waals surface area contributed by atoms with Crippen LogP contribution in [-0.4, -0.2) is 15.1 Å². The van der Waals surface area contributed by atoms with Crippen molar-refractivity contribution in [3.05, 3.63) is 40.0 Å². The van der Waals surface area contributed by atoms with Crippen molar-refractivity contribution in [1.29, 1.82) is 0 Å². The topological polar surface area (TPSA) is 82.1 Å². The molecule has 6 nitrogen and oxygen atoms in total. The van der Waals surface area contributed by atoms with Gasteiger partial charge in [-0.3, -0.25) is 10.1 Å². The quantitative estimate of drug-likeness (QED) is 0.487. The van der Waals surface area contributed by atoms with Gasteiger partial charge in [0, 0.05) is 0 Å². The van der Waals surface area contributed by atoms with Crippen molar-refractivity contribution < 1.29 is 13.8 Å². The molecule has 1 aromatic carbocycles.